The summed E-state index contributed by atoms with van der Waals surface area (Å²) in [4.78, 5) is 30.0. The Hall–Kier alpha value is -3.06. The molecule has 0 saturated carbocycles. The van der Waals surface area contributed by atoms with E-state index in [4.69, 9.17) is 8.83 Å². The fraction of sp³-hybridized carbons (Fsp3) is 0.333. The zero-order chi connectivity index (χ0) is 19.5. The lowest BCUT2D eigenvalue weighted by atomic mass is 10.1. The van der Waals surface area contributed by atoms with Gasteiger partial charge in [0.1, 0.15) is 22.8 Å². The van der Waals surface area contributed by atoms with Crippen molar-refractivity contribution < 1.29 is 13.6 Å². The predicted molar refractivity (Wildman–Crippen MR) is 104 cm³/mol. The molecule has 1 fully saturated rings. The Morgan fingerprint density at radius 3 is 2.68 bits per heavy atom. The second kappa shape index (κ2) is 7.90. The molecule has 0 aliphatic carbocycles. The molecule has 7 nitrogen and oxygen atoms in total. The SMILES string of the molecule is Cc1ccc(C(CNC(=O)c2ccc(-c3ccco3)[nH]c2=O)N2CCCC2)o1. The van der Waals surface area contributed by atoms with Gasteiger partial charge in [0.15, 0.2) is 0 Å². The second-order valence-electron chi connectivity index (χ2n) is 7.01. The van der Waals surface area contributed by atoms with Crippen molar-refractivity contribution in [1.82, 2.24) is 15.2 Å². The summed E-state index contributed by atoms with van der Waals surface area (Å²) in [6.45, 7) is 4.23. The Morgan fingerprint density at radius 1 is 1.21 bits per heavy atom. The Labute approximate surface area is 162 Å². The average molecular weight is 381 g/mol. The van der Waals surface area contributed by atoms with Crippen LogP contribution in [0.4, 0.5) is 0 Å². The van der Waals surface area contributed by atoms with E-state index >= 15 is 0 Å². The first-order valence-corrected chi connectivity index (χ1v) is 9.47. The summed E-state index contributed by atoms with van der Waals surface area (Å²) in [6.07, 6.45) is 3.80. The van der Waals surface area contributed by atoms with Crippen LogP contribution >= 0.6 is 0 Å². The van der Waals surface area contributed by atoms with Crippen molar-refractivity contribution in [3.8, 4) is 11.5 Å². The highest BCUT2D eigenvalue weighted by Gasteiger charge is 2.26. The number of aromatic nitrogens is 1. The highest BCUT2D eigenvalue weighted by atomic mass is 16.3. The van der Waals surface area contributed by atoms with E-state index in [2.05, 4.69) is 15.2 Å². The van der Waals surface area contributed by atoms with E-state index in [1.54, 1.807) is 18.2 Å². The number of aryl methyl sites for hydroxylation is 1. The number of likely N-dealkylation sites (tertiary alicyclic amines) is 1. The predicted octanol–water partition coefficient (Wildman–Crippen LogP) is 3.10. The van der Waals surface area contributed by atoms with Crippen LogP contribution in [0.5, 0.6) is 0 Å². The minimum absolute atomic E-state index is 0.0402. The second-order valence-corrected chi connectivity index (χ2v) is 7.01. The van der Waals surface area contributed by atoms with Gasteiger partial charge in [-0.3, -0.25) is 14.5 Å². The molecule has 1 aliphatic heterocycles. The Morgan fingerprint density at radius 2 is 2.04 bits per heavy atom. The van der Waals surface area contributed by atoms with E-state index in [1.165, 1.54) is 12.3 Å². The molecule has 4 heterocycles. The highest BCUT2D eigenvalue weighted by Crippen LogP contribution is 2.26. The summed E-state index contributed by atoms with van der Waals surface area (Å²) in [5, 5.41) is 2.89. The van der Waals surface area contributed by atoms with Gasteiger partial charge in [0, 0.05) is 6.54 Å². The van der Waals surface area contributed by atoms with Gasteiger partial charge in [-0.05, 0) is 69.3 Å². The minimum atomic E-state index is -0.446. The van der Waals surface area contributed by atoms with Gasteiger partial charge in [-0.25, -0.2) is 0 Å². The van der Waals surface area contributed by atoms with Crippen molar-refractivity contribution in [1.29, 1.82) is 0 Å². The summed E-state index contributed by atoms with van der Waals surface area (Å²) in [5.74, 6) is 1.82. The number of nitrogens with zero attached hydrogens (tertiary/aromatic N) is 1. The van der Waals surface area contributed by atoms with E-state index in [1.807, 2.05) is 19.1 Å². The smallest absolute Gasteiger partial charge is 0.261 e. The van der Waals surface area contributed by atoms with Gasteiger partial charge < -0.3 is 19.1 Å². The highest BCUT2D eigenvalue weighted by molar-refractivity contribution is 5.94. The number of hydrogen-bond donors (Lipinski definition) is 2. The molecule has 0 bridgehead atoms. The van der Waals surface area contributed by atoms with Gasteiger partial charge in [0.05, 0.1) is 18.0 Å². The molecule has 0 radical (unpaired) electrons. The van der Waals surface area contributed by atoms with Gasteiger partial charge in [0.25, 0.3) is 11.5 Å². The zero-order valence-electron chi connectivity index (χ0n) is 15.7. The van der Waals surface area contributed by atoms with Crippen LogP contribution in [0, 0.1) is 6.92 Å². The van der Waals surface area contributed by atoms with Crippen LogP contribution in [0.25, 0.3) is 11.5 Å². The number of amides is 1. The zero-order valence-corrected chi connectivity index (χ0v) is 15.7. The monoisotopic (exact) mass is 381 g/mol. The van der Waals surface area contributed by atoms with E-state index < -0.39 is 11.5 Å². The van der Waals surface area contributed by atoms with Gasteiger partial charge in [-0.15, -0.1) is 0 Å². The Kier molecular flexibility index (Phi) is 5.16. The summed E-state index contributed by atoms with van der Waals surface area (Å²) in [7, 11) is 0. The van der Waals surface area contributed by atoms with E-state index in [-0.39, 0.29) is 11.6 Å². The van der Waals surface area contributed by atoms with Crippen LogP contribution in [0.15, 0.2) is 56.3 Å². The third-order valence-corrected chi connectivity index (χ3v) is 5.07. The molecule has 2 N–H and O–H groups in total. The topological polar surface area (TPSA) is 91.5 Å². The van der Waals surface area contributed by atoms with Gasteiger partial charge in [0.2, 0.25) is 0 Å². The van der Waals surface area contributed by atoms with Crippen LogP contribution < -0.4 is 10.9 Å². The summed E-state index contributed by atoms with van der Waals surface area (Å²) in [6, 6.07) is 10.5. The molecule has 3 aromatic rings. The Balaban J connectivity index is 1.48. The van der Waals surface area contributed by atoms with Crippen molar-refractivity contribution >= 4 is 5.91 Å². The average Bonchev–Trinajstić information content (AvgIpc) is 3.45. The maximum Gasteiger partial charge on any atom is 0.261 e. The third kappa shape index (κ3) is 3.80. The fourth-order valence-corrected chi connectivity index (χ4v) is 3.61. The lowest BCUT2D eigenvalue weighted by molar-refractivity contribution is 0.0932. The van der Waals surface area contributed by atoms with Gasteiger partial charge >= 0.3 is 0 Å². The van der Waals surface area contributed by atoms with Crippen LogP contribution in [-0.2, 0) is 0 Å². The van der Waals surface area contributed by atoms with Crippen LogP contribution in [0.2, 0.25) is 0 Å². The van der Waals surface area contributed by atoms with Crippen molar-refractivity contribution in [3.63, 3.8) is 0 Å². The maximum atomic E-state index is 12.6. The first kappa shape index (κ1) is 18.3. The van der Waals surface area contributed by atoms with E-state index in [0.29, 0.717) is 18.0 Å². The number of rotatable bonds is 6. The minimum Gasteiger partial charge on any atom is -0.465 e. The molecule has 28 heavy (non-hydrogen) atoms. The largest absolute Gasteiger partial charge is 0.465 e. The molecule has 1 aliphatic rings. The summed E-state index contributed by atoms with van der Waals surface area (Å²) >= 11 is 0. The van der Waals surface area contributed by atoms with Crippen LogP contribution in [-0.4, -0.2) is 35.4 Å². The van der Waals surface area contributed by atoms with Crippen molar-refractivity contribution in [2.45, 2.75) is 25.8 Å². The number of nitrogens with one attached hydrogen (secondary N) is 2. The molecule has 3 aromatic heterocycles. The summed E-state index contributed by atoms with van der Waals surface area (Å²) in [5.41, 5.74) is 0.164. The van der Waals surface area contributed by atoms with Gasteiger partial charge in [-0.1, -0.05) is 0 Å². The van der Waals surface area contributed by atoms with E-state index in [0.717, 1.165) is 37.5 Å². The number of pyridine rings is 1. The van der Waals surface area contributed by atoms with Crippen molar-refractivity contribution in [2.24, 2.45) is 0 Å². The molecule has 1 saturated heterocycles. The summed E-state index contributed by atoms with van der Waals surface area (Å²) < 4.78 is 11.1. The molecule has 7 heteroatoms. The number of furan rings is 2. The number of H-pyrrole nitrogens is 1. The van der Waals surface area contributed by atoms with Crippen LogP contribution in [0.1, 0.15) is 40.8 Å². The molecule has 1 unspecified atom stereocenters. The molecule has 4 rings (SSSR count). The van der Waals surface area contributed by atoms with Gasteiger partial charge in [-0.2, -0.15) is 0 Å². The Bertz CT molecular complexity index is 997. The number of carbonyl (C=O) groups excluding carboxylic acids is 1. The lowest BCUT2D eigenvalue weighted by Gasteiger charge is -2.26. The standard InChI is InChI=1S/C21H23N3O4/c1-14-6-9-19(28-14)17(24-10-2-3-11-24)13-22-20(25)15-7-8-16(23-21(15)26)18-5-4-12-27-18/h4-9,12,17H,2-3,10-11,13H2,1H3,(H,22,25)(H,23,26). The van der Waals surface area contributed by atoms with Crippen molar-refractivity contribution in [3.05, 3.63) is 70.1 Å². The third-order valence-electron chi connectivity index (χ3n) is 5.07. The fourth-order valence-electron chi connectivity index (χ4n) is 3.61. The quantitative estimate of drug-likeness (QED) is 0.685. The number of carbonyl (C=O) groups is 1. The number of aromatic amines is 1. The first-order chi connectivity index (χ1) is 13.6. The molecular weight excluding hydrogens is 358 g/mol. The molecule has 1 amide bonds. The first-order valence-electron chi connectivity index (χ1n) is 9.47. The number of hydrogen-bond acceptors (Lipinski definition) is 5. The van der Waals surface area contributed by atoms with Crippen LogP contribution in [0.3, 0.4) is 0 Å². The lowest BCUT2D eigenvalue weighted by Crippen LogP contribution is -2.38. The molecule has 146 valence electrons. The van der Waals surface area contributed by atoms with Crippen molar-refractivity contribution in [2.75, 3.05) is 19.6 Å². The normalized spacial score (nSPS) is 15.6. The van der Waals surface area contributed by atoms with E-state index in [9.17, 15) is 9.59 Å². The molecule has 0 spiro atoms. The maximum absolute atomic E-state index is 12.6. The molecular formula is C21H23N3O4. The molecule has 1 atom stereocenters. The molecule has 0 aromatic carbocycles.